The quantitative estimate of drug-likeness (QED) is 0.885. The Labute approximate surface area is 142 Å². The molecule has 2 N–H and O–H groups in total. The fraction of sp³-hybridized carbons (Fsp3) is 0.556. The number of ether oxygens (including phenoxy) is 1. The van der Waals surface area contributed by atoms with Crippen LogP contribution in [0.15, 0.2) is 24.5 Å². The number of H-pyrrole nitrogens is 1. The highest BCUT2D eigenvalue weighted by atomic mass is 16.6. The van der Waals surface area contributed by atoms with Gasteiger partial charge in [0.1, 0.15) is 11.1 Å². The first-order valence-corrected chi connectivity index (χ1v) is 8.59. The van der Waals surface area contributed by atoms with Gasteiger partial charge in [-0.2, -0.15) is 0 Å². The van der Waals surface area contributed by atoms with Crippen molar-refractivity contribution in [1.29, 1.82) is 0 Å². The summed E-state index contributed by atoms with van der Waals surface area (Å²) < 4.78 is 5.39. The van der Waals surface area contributed by atoms with E-state index in [4.69, 9.17) is 4.74 Å². The van der Waals surface area contributed by atoms with Crippen molar-refractivity contribution in [2.24, 2.45) is 0 Å². The van der Waals surface area contributed by atoms with E-state index in [0.29, 0.717) is 0 Å². The third kappa shape index (κ3) is 3.99. The molecule has 2 aromatic rings. The average Bonchev–Trinajstić information content (AvgIpc) is 2.79. The topological polar surface area (TPSA) is 70.2 Å². The van der Waals surface area contributed by atoms with Gasteiger partial charge in [-0.15, -0.1) is 0 Å². The lowest BCUT2D eigenvalue weighted by atomic mass is 10.1. The third-order valence-corrected chi connectivity index (χ3v) is 4.15. The number of alkyl carbamates (subject to hydrolysis) is 1. The van der Waals surface area contributed by atoms with E-state index in [2.05, 4.69) is 20.2 Å². The molecule has 2 aromatic heterocycles. The molecule has 1 atom stereocenters. The Hall–Kier alpha value is -2.24. The van der Waals surface area contributed by atoms with E-state index in [1.807, 2.05) is 45.3 Å². The summed E-state index contributed by atoms with van der Waals surface area (Å²) >= 11 is 0. The van der Waals surface area contributed by atoms with Crippen molar-refractivity contribution in [2.75, 3.05) is 18.0 Å². The van der Waals surface area contributed by atoms with Gasteiger partial charge in [0.2, 0.25) is 0 Å². The van der Waals surface area contributed by atoms with Crippen LogP contribution < -0.4 is 10.2 Å². The summed E-state index contributed by atoms with van der Waals surface area (Å²) in [5, 5.41) is 3.02. The van der Waals surface area contributed by atoms with Crippen LogP contribution >= 0.6 is 0 Å². The summed E-state index contributed by atoms with van der Waals surface area (Å²) in [4.78, 5) is 22.2. The number of hydrogen-bond acceptors (Lipinski definition) is 4. The minimum absolute atomic E-state index is 0.0796. The molecule has 1 unspecified atom stereocenters. The van der Waals surface area contributed by atoms with E-state index in [1.165, 1.54) is 0 Å². The maximum atomic E-state index is 12.1. The van der Waals surface area contributed by atoms with Crippen LogP contribution in [0.4, 0.5) is 10.5 Å². The number of hydrogen-bond donors (Lipinski definition) is 2. The second kappa shape index (κ2) is 6.71. The maximum Gasteiger partial charge on any atom is 0.407 e. The highest BCUT2D eigenvalue weighted by molar-refractivity contribution is 5.89. The van der Waals surface area contributed by atoms with Crippen molar-refractivity contribution < 1.29 is 9.53 Å². The molecule has 0 spiro atoms. The van der Waals surface area contributed by atoms with Crippen LogP contribution in [0.2, 0.25) is 0 Å². The van der Waals surface area contributed by atoms with Crippen LogP contribution in [0.3, 0.4) is 0 Å². The fourth-order valence-electron chi connectivity index (χ4n) is 3.13. The minimum Gasteiger partial charge on any atom is -0.444 e. The van der Waals surface area contributed by atoms with Gasteiger partial charge >= 0.3 is 6.09 Å². The average molecular weight is 330 g/mol. The normalized spacial score (nSPS) is 19.1. The smallest absolute Gasteiger partial charge is 0.407 e. The molecular formula is C18H26N4O2. The molecule has 0 saturated carbocycles. The second-order valence-electron chi connectivity index (χ2n) is 7.36. The van der Waals surface area contributed by atoms with E-state index in [1.54, 1.807) is 0 Å². The summed E-state index contributed by atoms with van der Waals surface area (Å²) in [6.07, 6.45) is 6.64. The van der Waals surface area contributed by atoms with Gasteiger partial charge < -0.3 is 19.9 Å². The largest absolute Gasteiger partial charge is 0.444 e. The number of fused-ring (bicyclic) bond motifs is 1. The van der Waals surface area contributed by atoms with Gasteiger partial charge in [0.25, 0.3) is 0 Å². The molecule has 1 aliphatic heterocycles. The molecule has 1 fully saturated rings. The molecule has 24 heavy (non-hydrogen) atoms. The van der Waals surface area contributed by atoms with Gasteiger partial charge in [0.05, 0.1) is 11.2 Å². The van der Waals surface area contributed by atoms with Gasteiger partial charge in [-0.1, -0.05) is 0 Å². The predicted molar refractivity (Wildman–Crippen MR) is 95.3 cm³/mol. The first-order valence-electron chi connectivity index (χ1n) is 8.59. The molecule has 1 aliphatic rings. The van der Waals surface area contributed by atoms with Gasteiger partial charge in [-0.05, 0) is 52.2 Å². The highest BCUT2D eigenvalue weighted by Gasteiger charge is 2.24. The molecule has 1 saturated heterocycles. The molecule has 3 heterocycles. The zero-order valence-corrected chi connectivity index (χ0v) is 14.6. The van der Waals surface area contributed by atoms with Gasteiger partial charge in [-0.3, -0.25) is 4.98 Å². The Bertz CT molecular complexity index is 704. The van der Waals surface area contributed by atoms with Crippen LogP contribution in [0.5, 0.6) is 0 Å². The molecular weight excluding hydrogens is 304 g/mol. The van der Waals surface area contributed by atoms with Gasteiger partial charge in [-0.25, -0.2) is 4.79 Å². The summed E-state index contributed by atoms with van der Waals surface area (Å²) in [7, 11) is 0. The van der Waals surface area contributed by atoms with Crippen molar-refractivity contribution in [3.8, 4) is 0 Å². The van der Waals surface area contributed by atoms with Crippen LogP contribution in [0.25, 0.3) is 11.0 Å². The number of anilines is 1. The number of nitrogens with zero attached hydrogens (tertiary/aromatic N) is 2. The number of carbonyl (C=O) groups excluding carboxylic acids is 1. The molecule has 0 aliphatic carbocycles. The lowest BCUT2D eigenvalue weighted by Gasteiger charge is -2.27. The van der Waals surface area contributed by atoms with E-state index < -0.39 is 5.60 Å². The molecule has 3 rings (SSSR count). The lowest BCUT2D eigenvalue weighted by Crippen LogP contribution is -2.44. The Balaban J connectivity index is 1.72. The van der Waals surface area contributed by atoms with Crippen molar-refractivity contribution in [1.82, 2.24) is 15.3 Å². The monoisotopic (exact) mass is 330 g/mol. The summed E-state index contributed by atoms with van der Waals surface area (Å²) in [6, 6.07) is 4.04. The Morgan fingerprint density at radius 3 is 3.04 bits per heavy atom. The van der Waals surface area contributed by atoms with Crippen molar-refractivity contribution in [2.45, 2.75) is 51.7 Å². The standard InChI is InChI=1S/C18H26N4O2/c1-18(2,3)24-17(23)21-13-7-4-5-10-22(12-13)15-11-20-14-8-6-9-19-16(14)15/h6,8-9,11,13,20H,4-5,7,10,12H2,1-3H3,(H,21,23). The molecule has 0 aromatic carbocycles. The zero-order chi connectivity index (χ0) is 17.2. The van der Waals surface area contributed by atoms with Crippen LogP contribution in [0.1, 0.15) is 40.0 Å². The molecule has 6 heteroatoms. The van der Waals surface area contributed by atoms with E-state index in [9.17, 15) is 4.79 Å². The van der Waals surface area contributed by atoms with Crippen molar-refractivity contribution in [3.05, 3.63) is 24.5 Å². The predicted octanol–water partition coefficient (Wildman–Crippen LogP) is 3.45. The summed E-state index contributed by atoms with van der Waals surface area (Å²) in [6.45, 7) is 7.37. The number of carbonyl (C=O) groups is 1. The number of pyridine rings is 1. The lowest BCUT2D eigenvalue weighted by molar-refractivity contribution is 0.0504. The minimum atomic E-state index is -0.477. The fourth-order valence-corrected chi connectivity index (χ4v) is 3.13. The molecule has 6 nitrogen and oxygen atoms in total. The molecule has 0 bridgehead atoms. The number of amides is 1. The number of aromatic amines is 1. The third-order valence-electron chi connectivity index (χ3n) is 4.15. The molecule has 130 valence electrons. The highest BCUT2D eigenvalue weighted by Crippen LogP contribution is 2.27. The van der Waals surface area contributed by atoms with Gasteiger partial charge in [0, 0.05) is 31.5 Å². The molecule has 0 radical (unpaired) electrons. The first-order chi connectivity index (χ1) is 11.4. The van der Waals surface area contributed by atoms with E-state index >= 15 is 0 Å². The number of aromatic nitrogens is 2. The van der Waals surface area contributed by atoms with E-state index in [-0.39, 0.29) is 12.1 Å². The summed E-state index contributed by atoms with van der Waals surface area (Å²) in [5.41, 5.74) is 2.64. The Morgan fingerprint density at radius 1 is 1.42 bits per heavy atom. The van der Waals surface area contributed by atoms with E-state index in [0.717, 1.165) is 49.1 Å². The maximum absolute atomic E-state index is 12.1. The van der Waals surface area contributed by atoms with Gasteiger partial charge in [0.15, 0.2) is 0 Å². The number of nitrogens with one attached hydrogen (secondary N) is 2. The number of rotatable bonds is 2. The van der Waals surface area contributed by atoms with Crippen LogP contribution in [0, 0.1) is 0 Å². The van der Waals surface area contributed by atoms with Crippen LogP contribution in [-0.2, 0) is 4.74 Å². The molecule has 1 amide bonds. The summed E-state index contributed by atoms with van der Waals surface area (Å²) in [5.74, 6) is 0. The van der Waals surface area contributed by atoms with Crippen molar-refractivity contribution >= 4 is 22.8 Å². The van der Waals surface area contributed by atoms with Crippen LogP contribution in [-0.4, -0.2) is 40.8 Å². The SMILES string of the molecule is CC(C)(C)OC(=O)NC1CCCCN(c2c[nH]c3cccnc23)C1. The zero-order valence-electron chi connectivity index (χ0n) is 14.6. The Morgan fingerprint density at radius 2 is 2.25 bits per heavy atom. The Kier molecular flexibility index (Phi) is 4.64. The first kappa shape index (κ1) is 16.6. The van der Waals surface area contributed by atoms with Crippen molar-refractivity contribution in [3.63, 3.8) is 0 Å². The second-order valence-corrected chi connectivity index (χ2v) is 7.36.